The highest BCUT2D eigenvalue weighted by Gasteiger charge is 2.36. The van der Waals surface area contributed by atoms with Crippen LogP contribution in [0.15, 0.2) is 41.4 Å². The first-order valence-electron chi connectivity index (χ1n) is 10.4. The Bertz CT molecular complexity index is 913. The Balaban J connectivity index is 1.91. The zero-order valence-corrected chi connectivity index (χ0v) is 18.5. The Hall–Kier alpha value is -2.62. The summed E-state index contributed by atoms with van der Waals surface area (Å²) in [6.45, 7) is 12.5. The van der Waals surface area contributed by atoms with E-state index in [0.29, 0.717) is 11.5 Å². The topological polar surface area (TPSA) is 41.9 Å². The molecular weight excluding hydrogens is 360 g/mol. The van der Waals surface area contributed by atoms with Crippen molar-refractivity contribution in [3.05, 3.63) is 58.7 Å². The number of nitrogens with zero attached hydrogens (tertiary/aromatic N) is 2. The van der Waals surface area contributed by atoms with Crippen molar-refractivity contribution >= 4 is 23.6 Å². The molecule has 0 N–H and O–H groups in total. The molecule has 29 heavy (non-hydrogen) atoms. The summed E-state index contributed by atoms with van der Waals surface area (Å²) in [5.41, 5.74) is 6.67. The molecule has 4 nitrogen and oxygen atoms in total. The van der Waals surface area contributed by atoms with Crippen molar-refractivity contribution in [2.75, 3.05) is 18.6 Å². The molecule has 0 saturated carbocycles. The summed E-state index contributed by atoms with van der Waals surface area (Å²) in [4.78, 5) is 18.8. The van der Waals surface area contributed by atoms with E-state index in [0.717, 1.165) is 30.6 Å². The molecule has 2 aromatic carbocycles. The van der Waals surface area contributed by atoms with Gasteiger partial charge < -0.3 is 9.64 Å². The van der Waals surface area contributed by atoms with E-state index in [9.17, 15) is 4.79 Å². The number of aliphatic imine (C=N–C) groups is 1. The van der Waals surface area contributed by atoms with E-state index < -0.39 is 0 Å². The quantitative estimate of drug-likeness (QED) is 0.460. The maximum absolute atomic E-state index is 11.6. The van der Waals surface area contributed by atoms with E-state index >= 15 is 0 Å². The maximum Gasteiger partial charge on any atom is 0.337 e. The average Bonchev–Trinajstić information content (AvgIpc) is 2.69. The molecule has 0 aliphatic carbocycles. The molecule has 0 bridgehead atoms. The number of carbonyl (C=O) groups is 1. The van der Waals surface area contributed by atoms with Crippen LogP contribution in [-0.2, 0) is 4.74 Å². The van der Waals surface area contributed by atoms with Gasteiger partial charge in [0.2, 0.25) is 0 Å². The van der Waals surface area contributed by atoms with Crippen LogP contribution in [0.3, 0.4) is 0 Å². The number of ether oxygens (including phenoxy) is 1. The lowest BCUT2D eigenvalue weighted by atomic mass is 9.79. The van der Waals surface area contributed by atoms with Gasteiger partial charge in [0.1, 0.15) is 0 Å². The fourth-order valence-corrected chi connectivity index (χ4v) is 4.38. The molecule has 1 heterocycles. The van der Waals surface area contributed by atoms with Gasteiger partial charge in [0.05, 0.1) is 18.4 Å². The predicted octanol–water partition coefficient (Wildman–Crippen LogP) is 6.03. The zero-order valence-electron chi connectivity index (χ0n) is 18.5. The Labute approximate surface area is 174 Å². The van der Waals surface area contributed by atoms with Gasteiger partial charge in [-0.15, -0.1) is 0 Å². The van der Waals surface area contributed by atoms with Crippen LogP contribution >= 0.6 is 0 Å². The molecule has 4 heteroatoms. The van der Waals surface area contributed by atoms with Crippen molar-refractivity contribution in [1.29, 1.82) is 0 Å². The second kappa shape index (κ2) is 8.40. The molecule has 2 aromatic rings. The molecule has 0 radical (unpaired) electrons. The lowest BCUT2D eigenvalue weighted by Gasteiger charge is -2.48. The van der Waals surface area contributed by atoms with E-state index in [2.05, 4.69) is 56.6 Å². The molecule has 1 aliphatic heterocycles. The third-order valence-corrected chi connectivity index (χ3v) is 5.86. The molecule has 3 rings (SSSR count). The van der Waals surface area contributed by atoms with Crippen molar-refractivity contribution < 1.29 is 9.53 Å². The van der Waals surface area contributed by atoms with E-state index in [1.165, 1.54) is 23.9 Å². The first kappa shape index (κ1) is 21.1. The third kappa shape index (κ3) is 4.36. The van der Waals surface area contributed by atoms with Gasteiger partial charge in [0.25, 0.3) is 0 Å². The molecule has 0 saturated heterocycles. The minimum atomic E-state index is -0.334. The molecule has 1 aliphatic rings. The summed E-state index contributed by atoms with van der Waals surface area (Å²) in [5, 5.41) is 0. The number of aryl methyl sites for hydroxylation is 1. The zero-order chi connectivity index (χ0) is 21.2. The Kier molecular flexibility index (Phi) is 6.11. The smallest absolute Gasteiger partial charge is 0.337 e. The third-order valence-electron chi connectivity index (χ3n) is 5.86. The first-order chi connectivity index (χ1) is 13.8. The SMILES string of the molecule is CCCN1c2cc(C)c(C=Nc3ccc(C(=O)OC)cc3)cc2C(C)CC1(C)C. The Morgan fingerprint density at radius 1 is 1.28 bits per heavy atom. The molecule has 1 unspecified atom stereocenters. The van der Waals surface area contributed by atoms with Gasteiger partial charge in [-0.05, 0) is 92.6 Å². The molecule has 0 aromatic heterocycles. The normalized spacial score (nSPS) is 18.0. The van der Waals surface area contributed by atoms with Crippen LogP contribution in [-0.4, -0.2) is 31.4 Å². The summed E-state index contributed by atoms with van der Waals surface area (Å²) in [6, 6.07) is 11.8. The molecule has 0 amide bonds. The predicted molar refractivity (Wildman–Crippen MR) is 121 cm³/mol. The summed E-state index contributed by atoms with van der Waals surface area (Å²) in [5.74, 6) is 0.180. The molecule has 0 fully saturated rings. The van der Waals surface area contributed by atoms with E-state index in [1.54, 1.807) is 12.1 Å². The van der Waals surface area contributed by atoms with E-state index in [-0.39, 0.29) is 11.5 Å². The second-order valence-electron chi connectivity index (χ2n) is 8.63. The van der Waals surface area contributed by atoms with Gasteiger partial charge in [0.15, 0.2) is 0 Å². The van der Waals surface area contributed by atoms with Gasteiger partial charge in [-0.3, -0.25) is 4.99 Å². The monoisotopic (exact) mass is 392 g/mol. The van der Waals surface area contributed by atoms with Gasteiger partial charge in [-0.2, -0.15) is 0 Å². The van der Waals surface area contributed by atoms with Crippen LogP contribution in [0.5, 0.6) is 0 Å². The van der Waals surface area contributed by atoms with Crippen LogP contribution in [0, 0.1) is 6.92 Å². The molecular formula is C25H32N2O2. The highest BCUT2D eigenvalue weighted by molar-refractivity contribution is 5.90. The number of fused-ring (bicyclic) bond motifs is 1. The summed E-state index contributed by atoms with van der Waals surface area (Å²) < 4.78 is 4.74. The minimum absolute atomic E-state index is 0.172. The van der Waals surface area contributed by atoms with Crippen molar-refractivity contribution in [3.63, 3.8) is 0 Å². The van der Waals surface area contributed by atoms with E-state index in [1.807, 2.05) is 18.3 Å². The summed E-state index contributed by atoms with van der Waals surface area (Å²) in [7, 11) is 1.39. The standard InChI is InChI=1S/C25H32N2O2/c1-7-12-27-23-13-17(2)20(14-22(23)18(3)15-25(27,4)5)16-26-21-10-8-19(9-11-21)24(28)29-6/h8-11,13-14,16,18H,7,12,15H2,1-6H3. The van der Waals surface area contributed by atoms with E-state index in [4.69, 9.17) is 4.74 Å². The van der Waals surface area contributed by atoms with Crippen LogP contribution in [0.1, 0.15) is 73.5 Å². The number of methoxy groups -OCH3 is 1. The average molecular weight is 393 g/mol. The van der Waals surface area contributed by atoms with Crippen molar-refractivity contribution in [1.82, 2.24) is 0 Å². The van der Waals surface area contributed by atoms with Crippen LogP contribution in [0.25, 0.3) is 0 Å². The fourth-order valence-electron chi connectivity index (χ4n) is 4.38. The van der Waals surface area contributed by atoms with Crippen molar-refractivity contribution in [3.8, 4) is 0 Å². The highest BCUT2D eigenvalue weighted by Crippen LogP contribution is 2.44. The van der Waals surface area contributed by atoms with Crippen LogP contribution in [0.2, 0.25) is 0 Å². The van der Waals surface area contributed by atoms with Crippen molar-refractivity contribution in [2.24, 2.45) is 4.99 Å². The van der Waals surface area contributed by atoms with Gasteiger partial charge in [0, 0.05) is 24.0 Å². The van der Waals surface area contributed by atoms with Crippen molar-refractivity contribution in [2.45, 2.75) is 58.9 Å². The number of anilines is 1. The lowest BCUT2D eigenvalue weighted by Crippen LogP contribution is -2.48. The number of rotatable bonds is 5. The largest absolute Gasteiger partial charge is 0.465 e. The number of carbonyl (C=O) groups excluding carboxylic acids is 1. The number of benzene rings is 2. The Morgan fingerprint density at radius 2 is 1.97 bits per heavy atom. The summed E-state index contributed by atoms with van der Waals surface area (Å²) in [6.07, 6.45) is 4.22. The van der Waals surface area contributed by atoms with Gasteiger partial charge in [-0.1, -0.05) is 13.8 Å². The molecule has 0 spiro atoms. The van der Waals surface area contributed by atoms with Crippen LogP contribution < -0.4 is 4.90 Å². The first-order valence-corrected chi connectivity index (χ1v) is 10.4. The molecule has 154 valence electrons. The lowest BCUT2D eigenvalue weighted by molar-refractivity contribution is 0.0601. The number of hydrogen-bond donors (Lipinski definition) is 0. The van der Waals surface area contributed by atoms with Crippen LogP contribution in [0.4, 0.5) is 11.4 Å². The van der Waals surface area contributed by atoms with Gasteiger partial charge >= 0.3 is 5.97 Å². The number of hydrogen-bond acceptors (Lipinski definition) is 4. The maximum atomic E-state index is 11.6. The highest BCUT2D eigenvalue weighted by atomic mass is 16.5. The Morgan fingerprint density at radius 3 is 2.59 bits per heavy atom. The summed E-state index contributed by atoms with van der Waals surface area (Å²) >= 11 is 0. The minimum Gasteiger partial charge on any atom is -0.465 e. The fraction of sp³-hybridized carbons (Fsp3) is 0.440. The van der Waals surface area contributed by atoms with Gasteiger partial charge in [-0.25, -0.2) is 4.79 Å². The number of esters is 1. The second-order valence-corrected chi connectivity index (χ2v) is 8.63. The molecule has 1 atom stereocenters.